The van der Waals surface area contributed by atoms with Gasteiger partial charge in [-0.25, -0.2) is 0 Å². The minimum atomic E-state index is -0.927. The van der Waals surface area contributed by atoms with E-state index in [4.69, 9.17) is 9.15 Å². The molecule has 1 N–H and O–H groups in total. The number of carbonyl (C=O) groups excluding carboxylic acids is 1. The molecule has 1 aromatic carbocycles. The summed E-state index contributed by atoms with van der Waals surface area (Å²) in [6, 6.07) is 11.2. The Morgan fingerprint density at radius 3 is 2.78 bits per heavy atom. The molecule has 0 aliphatic heterocycles. The lowest BCUT2D eigenvalue weighted by Crippen LogP contribution is -2.08. The maximum Gasteiger partial charge on any atom is 0.153 e. The van der Waals surface area contributed by atoms with Gasteiger partial charge in [-0.3, -0.25) is 4.79 Å². The second-order valence-electron chi connectivity index (χ2n) is 3.87. The molecule has 0 aliphatic carbocycles. The number of ether oxygens (including phenoxy) is 1. The molecule has 1 atom stereocenters. The number of aliphatic hydroxyl groups excluding tert-OH is 1. The first-order valence-corrected chi connectivity index (χ1v) is 5.63. The predicted octanol–water partition coefficient (Wildman–Crippen LogP) is 2.34. The molecule has 0 spiro atoms. The maximum atomic E-state index is 10.7. The van der Waals surface area contributed by atoms with Crippen LogP contribution in [0.1, 0.15) is 27.8 Å². The van der Waals surface area contributed by atoms with Gasteiger partial charge in [0.2, 0.25) is 0 Å². The Labute approximate surface area is 105 Å². The monoisotopic (exact) mass is 246 g/mol. The van der Waals surface area contributed by atoms with E-state index in [2.05, 4.69) is 0 Å². The average molecular weight is 246 g/mol. The second-order valence-corrected chi connectivity index (χ2v) is 3.87. The van der Waals surface area contributed by atoms with Gasteiger partial charge in [-0.15, -0.1) is 0 Å². The number of aliphatic hydroxyl groups is 1. The smallest absolute Gasteiger partial charge is 0.153 e. The minimum absolute atomic E-state index is 0.0866. The first-order valence-electron chi connectivity index (χ1n) is 5.63. The highest BCUT2D eigenvalue weighted by Gasteiger charge is 2.15. The third kappa shape index (κ3) is 3.06. The molecule has 0 bridgehead atoms. The van der Waals surface area contributed by atoms with Crippen molar-refractivity contribution in [3.63, 3.8) is 0 Å². The van der Waals surface area contributed by atoms with Crippen molar-refractivity contribution in [2.75, 3.05) is 6.61 Å². The molecule has 4 nitrogen and oxygen atoms in total. The highest BCUT2D eigenvalue weighted by molar-refractivity contribution is 5.76. The summed E-state index contributed by atoms with van der Waals surface area (Å²) in [5, 5.41) is 9.82. The van der Waals surface area contributed by atoms with Crippen LogP contribution in [0.2, 0.25) is 0 Å². The lowest BCUT2D eigenvalue weighted by molar-refractivity contribution is 0.0169. The normalized spacial score (nSPS) is 12.3. The Morgan fingerprint density at radius 1 is 1.28 bits per heavy atom. The van der Waals surface area contributed by atoms with Gasteiger partial charge < -0.3 is 14.3 Å². The summed E-state index contributed by atoms with van der Waals surface area (Å²) in [6.45, 7) is 0.498. The number of hydrogen-bond donors (Lipinski definition) is 1. The summed E-state index contributed by atoms with van der Waals surface area (Å²) < 4.78 is 10.4. The molecule has 94 valence electrons. The van der Waals surface area contributed by atoms with Crippen molar-refractivity contribution in [3.8, 4) is 0 Å². The van der Waals surface area contributed by atoms with Gasteiger partial charge >= 0.3 is 0 Å². The fourth-order valence-electron chi connectivity index (χ4n) is 1.64. The fourth-order valence-corrected chi connectivity index (χ4v) is 1.64. The summed E-state index contributed by atoms with van der Waals surface area (Å²) in [4.78, 5) is 10.7. The van der Waals surface area contributed by atoms with E-state index in [9.17, 15) is 9.90 Å². The third-order valence-corrected chi connectivity index (χ3v) is 2.54. The summed E-state index contributed by atoms with van der Waals surface area (Å²) in [6.07, 6.45) is 1.10. The highest BCUT2D eigenvalue weighted by Crippen LogP contribution is 2.18. The quantitative estimate of drug-likeness (QED) is 0.795. The van der Waals surface area contributed by atoms with Crippen LogP contribution in [0.4, 0.5) is 0 Å². The molecular formula is C14H14O4. The number of rotatable bonds is 6. The van der Waals surface area contributed by atoms with Crippen LogP contribution < -0.4 is 0 Å². The van der Waals surface area contributed by atoms with Crippen LogP contribution in [0, 0.1) is 0 Å². The number of carbonyl (C=O) groups is 1. The molecule has 0 unspecified atom stereocenters. The third-order valence-electron chi connectivity index (χ3n) is 2.54. The van der Waals surface area contributed by atoms with Gasteiger partial charge in [0.1, 0.15) is 11.9 Å². The Bertz CT molecular complexity index is 490. The van der Waals surface area contributed by atoms with Crippen molar-refractivity contribution in [2.45, 2.75) is 12.7 Å². The van der Waals surface area contributed by atoms with Crippen LogP contribution >= 0.6 is 0 Å². The minimum Gasteiger partial charge on any atom is -0.466 e. The van der Waals surface area contributed by atoms with Crippen molar-refractivity contribution < 1.29 is 19.1 Å². The Hall–Kier alpha value is -1.91. The number of hydrogen-bond acceptors (Lipinski definition) is 4. The molecule has 0 amide bonds. The van der Waals surface area contributed by atoms with Crippen molar-refractivity contribution in [1.29, 1.82) is 0 Å². The van der Waals surface area contributed by atoms with Gasteiger partial charge in [-0.1, -0.05) is 30.3 Å². The summed E-state index contributed by atoms with van der Waals surface area (Å²) in [7, 11) is 0. The summed E-state index contributed by atoms with van der Waals surface area (Å²) >= 11 is 0. The van der Waals surface area contributed by atoms with Gasteiger partial charge in [0.25, 0.3) is 0 Å². The van der Waals surface area contributed by atoms with Gasteiger partial charge in [0, 0.05) is 0 Å². The zero-order chi connectivity index (χ0) is 12.8. The molecule has 0 aliphatic rings. The molecule has 18 heavy (non-hydrogen) atoms. The number of benzene rings is 1. The van der Waals surface area contributed by atoms with E-state index < -0.39 is 6.10 Å². The molecule has 0 fully saturated rings. The lowest BCUT2D eigenvalue weighted by Gasteiger charge is -2.09. The molecule has 2 rings (SSSR count). The van der Waals surface area contributed by atoms with E-state index in [0.29, 0.717) is 18.5 Å². The lowest BCUT2D eigenvalue weighted by atomic mass is 10.2. The van der Waals surface area contributed by atoms with E-state index >= 15 is 0 Å². The van der Waals surface area contributed by atoms with Crippen LogP contribution in [0.3, 0.4) is 0 Å². The standard InChI is InChI=1S/C14H14O4/c15-8-12-6-7-18-14(12)13(16)10-17-9-11-4-2-1-3-5-11/h1-8,13,16H,9-10H2/t13-/m1/s1. The van der Waals surface area contributed by atoms with E-state index in [-0.39, 0.29) is 12.4 Å². The van der Waals surface area contributed by atoms with Gasteiger partial charge in [0.05, 0.1) is 25.0 Å². The molecule has 1 heterocycles. The first kappa shape index (κ1) is 12.5. The molecule has 1 aromatic heterocycles. The second kappa shape index (κ2) is 6.14. The maximum absolute atomic E-state index is 10.7. The van der Waals surface area contributed by atoms with Crippen LogP contribution in [0.15, 0.2) is 47.1 Å². The number of furan rings is 1. The molecule has 2 aromatic rings. The molecule has 4 heteroatoms. The Balaban J connectivity index is 1.85. The summed E-state index contributed by atoms with van der Waals surface area (Å²) in [5.74, 6) is 0.248. The van der Waals surface area contributed by atoms with Crippen LogP contribution in [0.5, 0.6) is 0 Å². The highest BCUT2D eigenvalue weighted by atomic mass is 16.5. The summed E-state index contributed by atoms with van der Waals surface area (Å²) in [5.41, 5.74) is 1.38. The van der Waals surface area contributed by atoms with Crippen LogP contribution in [0.25, 0.3) is 0 Å². The van der Waals surface area contributed by atoms with E-state index in [1.54, 1.807) is 0 Å². The van der Waals surface area contributed by atoms with Crippen molar-refractivity contribution in [1.82, 2.24) is 0 Å². The fraction of sp³-hybridized carbons (Fsp3) is 0.214. The largest absolute Gasteiger partial charge is 0.466 e. The zero-order valence-corrected chi connectivity index (χ0v) is 9.78. The first-order chi connectivity index (χ1) is 8.81. The van der Waals surface area contributed by atoms with Crippen molar-refractivity contribution in [3.05, 3.63) is 59.5 Å². The van der Waals surface area contributed by atoms with E-state index in [1.165, 1.54) is 12.3 Å². The average Bonchev–Trinajstić information content (AvgIpc) is 2.88. The Morgan fingerprint density at radius 2 is 2.06 bits per heavy atom. The zero-order valence-electron chi connectivity index (χ0n) is 9.78. The van der Waals surface area contributed by atoms with Gasteiger partial charge in [0.15, 0.2) is 6.29 Å². The van der Waals surface area contributed by atoms with Gasteiger partial charge in [-0.05, 0) is 11.6 Å². The van der Waals surface area contributed by atoms with Gasteiger partial charge in [-0.2, -0.15) is 0 Å². The predicted molar refractivity (Wildman–Crippen MR) is 65.2 cm³/mol. The molecular weight excluding hydrogens is 232 g/mol. The SMILES string of the molecule is O=Cc1ccoc1[C@H](O)COCc1ccccc1. The van der Waals surface area contributed by atoms with Crippen LogP contribution in [-0.2, 0) is 11.3 Å². The Kier molecular flexibility index (Phi) is 4.28. The van der Waals surface area contributed by atoms with E-state index in [0.717, 1.165) is 5.56 Å². The van der Waals surface area contributed by atoms with Crippen LogP contribution in [-0.4, -0.2) is 18.0 Å². The molecule has 0 saturated carbocycles. The van der Waals surface area contributed by atoms with Crippen molar-refractivity contribution >= 4 is 6.29 Å². The topological polar surface area (TPSA) is 59.7 Å². The van der Waals surface area contributed by atoms with E-state index in [1.807, 2.05) is 30.3 Å². The van der Waals surface area contributed by atoms with Crippen molar-refractivity contribution in [2.24, 2.45) is 0 Å². The molecule has 0 saturated heterocycles. The molecule has 0 radical (unpaired) electrons. The number of aldehydes is 1.